The summed E-state index contributed by atoms with van der Waals surface area (Å²) in [7, 11) is 0. The second-order valence-corrected chi connectivity index (χ2v) is 4.63. The maximum absolute atomic E-state index is 13.6. The van der Waals surface area contributed by atoms with Crippen LogP contribution in [0.15, 0.2) is 18.2 Å². The van der Waals surface area contributed by atoms with Crippen molar-refractivity contribution in [2.75, 3.05) is 6.54 Å². The fourth-order valence-electron chi connectivity index (χ4n) is 2.61. The molecule has 0 bridgehead atoms. The normalized spacial score (nSPS) is 15.9. The topological polar surface area (TPSA) is 20.3 Å². The molecule has 0 saturated heterocycles. The summed E-state index contributed by atoms with van der Waals surface area (Å²) in [4.78, 5) is 13.9. The molecule has 18 heavy (non-hydrogen) atoms. The van der Waals surface area contributed by atoms with Crippen LogP contribution < -0.4 is 0 Å². The zero-order chi connectivity index (χ0) is 13.1. The zero-order valence-corrected chi connectivity index (χ0v) is 10.5. The molecule has 0 atom stereocenters. The summed E-state index contributed by atoms with van der Waals surface area (Å²) < 4.78 is 26.8. The zero-order valence-electron chi connectivity index (χ0n) is 10.5. The van der Waals surface area contributed by atoms with Gasteiger partial charge in [0.2, 0.25) is 0 Å². The van der Waals surface area contributed by atoms with Gasteiger partial charge in [-0.1, -0.05) is 18.9 Å². The van der Waals surface area contributed by atoms with E-state index in [9.17, 15) is 13.6 Å². The van der Waals surface area contributed by atoms with Gasteiger partial charge >= 0.3 is 0 Å². The minimum atomic E-state index is -1.04. The number of carbonyl (C=O) groups is 1. The van der Waals surface area contributed by atoms with Crippen molar-refractivity contribution in [3.05, 3.63) is 35.4 Å². The summed E-state index contributed by atoms with van der Waals surface area (Å²) in [5.74, 6) is -2.41. The van der Waals surface area contributed by atoms with Crippen LogP contribution in [-0.4, -0.2) is 23.4 Å². The van der Waals surface area contributed by atoms with E-state index < -0.39 is 17.5 Å². The Balaban J connectivity index is 2.25. The Bertz CT molecular complexity index is 441. The first-order valence-corrected chi connectivity index (χ1v) is 6.40. The number of amides is 1. The second kappa shape index (κ2) is 5.46. The molecule has 0 aliphatic heterocycles. The molecule has 1 saturated carbocycles. The highest BCUT2D eigenvalue weighted by molar-refractivity contribution is 5.94. The predicted octanol–water partition coefficient (Wildman–Crippen LogP) is 3.37. The predicted molar refractivity (Wildman–Crippen MR) is 65.3 cm³/mol. The molecule has 1 aliphatic rings. The van der Waals surface area contributed by atoms with Crippen LogP contribution >= 0.6 is 0 Å². The standard InChI is InChI=1S/C14H17F2NO/c1-2-17(10-6-3-4-7-10)14(18)11-8-5-9-12(15)13(11)16/h5,8-10H,2-4,6-7H2,1H3. The average molecular weight is 253 g/mol. The monoisotopic (exact) mass is 253 g/mol. The smallest absolute Gasteiger partial charge is 0.257 e. The van der Waals surface area contributed by atoms with Gasteiger partial charge in [0.1, 0.15) is 0 Å². The second-order valence-electron chi connectivity index (χ2n) is 4.63. The Morgan fingerprint density at radius 3 is 2.61 bits per heavy atom. The highest BCUT2D eigenvalue weighted by Gasteiger charge is 2.28. The number of nitrogens with zero attached hydrogens (tertiary/aromatic N) is 1. The molecular formula is C14H17F2NO. The van der Waals surface area contributed by atoms with E-state index in [2.05, 4.69) is 0 Å². The molecule has 0 N–H and O–H groups in total. The van der Waals surface area contributed by atoms with Gasteiger partial charge in [0.25, 0.3) is 5.91 Å². The number of benzene rings is 1. The quantitative estimate of drug-likeness (QED) is 0.808. The molecule has 1 aromatic rings. The SMILES string of the molecule is CCN(C(=O)c1cccc(F)c1F)C1CCCC1. The molecule has 1 fully saturated rings. The van der Waals surface area contributed by atoms with Gasteiger partial charge < -0.3 is 4.90 Å². The average Bonchev–Trinajstić information content (AvgIpc) is 2.87. The number of carbonyl (C=O) groups excluding carboxylic acids is 1. The molecule has 0 unspecified atom stereocenters. The molecule has 0 heterocycles. The van der Waals surface area contributed by atoms with Crippen molar-refractivity contribution in [2.24, 2.45) is 0 Å². The van der Waals surface area contributed by atoms with Crippen LogP contribution in [0.25, 0.3) is 0 Å². The molecule has 2 nitrogen and oxygen atoms in total. The molecule has 1 aromatic carbocycles. The van der Waals surface area contributed by atoms with Gasteiger partial charge in [0, 0.05) is 12.6 Å². The third kappa shape index (κ3) is 2.37. The van der Waals surface area contributed by atoms with Crippen molar-refractivity contribution < 1.29 is 13.6 Å². The number of hydrogen-bond donors (Lipinski definition) is 0. The molecule has 1 amide bonds. The number of hydrogen-bond acceptors (Lipinski definition) is 1. The minimum absolute atomic E-state index is 0.163. The Morgan fingerprint density at radius 2 is 2.00 bits per heavy atom. The van der Waals surface area contributed by atoms with E-state index in [1.54, 1.807) is 4.90 Å². The van der Waals surface area contributed by atoms with Crippen LogP contribution in [0.2, 0.25) is 0 Å². The van der Waals surface area contributed by atoms with Crippen molar-refractivity contribution in [1.82, 2.24) is 4.90 Å². The summed E-state index contributed by atoms with van der Waals surface area (Å²) in [5.41, 5.74) is -0.163. The fraction of sp³-hybridized carbons (Fsp3) is 0.500. The summed E-state index contributed by atoms with van der Waals surface area (Å²) in [6.45, 7) is 2.40. The molecule has 0 spiro atoms. The minimum Gasteiger partial charge on any atom is -0.336 e. The molecule has 4 heteroatoms. The third-order valence-corrected chi connectivity index (χ3v) is 3.55. The van der Waals surface area contributed by atoms with Crippen molar-refractivity contribution in [3.63, 3.8) is 0 Å². The fourth-order valence-corrected chi connectivity index (χ4v) is 2.61. The Morgan fingerprint density at radius 1 is 1.33 bits per heavy atom. The first-order chi connectivity index (χ1) is 8.65. The molecule has 2 rings (SSSR count). The summed E-state index contributed by atoms with van der Waals surface area (Å²) in [5, 5.41) is 0. The van der Waals surface area contributed by atoms with Crippen LogP contribution in [0.1, 0.15) is 43.0 Å². The Hall–Kier alpha value is -1.45. The molecule has 98 valence electrons. The Labute approximate surface area is 106 Å². The number of rotatable bonds is 3. The lowest BCUT2D eigenvalue weighted by molar-refractivity contribution is 0.0687. The lowest BCUT2D eigenvalue weighted by Gasteiger charge is -2.27. The van der Waals surface area contributed by atoms with E-state index >= 15 is 0 Å². The third-order valence-electron chi connectivity index (χ3n) is 3.55. The molecule has 1 aliphatic carbocycles. The van der Waals surface area contributed by atoms with E-state index in [1.165, 1.54) is 12.1 Å². The van der Waals surface area contributed by atoms with Gasteiger partial charge in [0.05, 0.1) is 5.56 Å². The highest BCUT2D eigenvalue weighted by Crippen LogP contribution is 2.25. The molecular weight excluding hydrogens is 236 g/mol. The summed E-state index contributed by atoms with van der Waals surface area (Å²) >= 11 is 0. The summed E-state index contributed by atoms with van der Waals surface area (Å²) in [6.07, 6.45) is 4.10. The van der Waals surface area contributed by atoms with E-state index in [0.717, 1.165) is 31.7 Å². The highest BCUT2D eigenvalue weighted by atomic mass is 19.2. The van der Waals surface area contributed by atoms with Crippen LogP contribution in [0.3, 0.4) is 0 Å². The van der Waals surface area contributed by atoms with E-state index in [4.69, 9.17) is 0 Å². The van der Waals surface area contributed by atoms with Gasteiger partial charge in [-0.05, 0) is 31.9 Å². The Kier molecular flexibility index (Phi) is 3.94. The van der Waals surface area contributed by atoms with Gasteiger partial charge in [-0.3, -0.25) is 4.79 Å². The maximum atomic E-state index is 13.6. The van der Waals surface area contributed by atoms with Gasteiger partial charge in [-0.2, -0.15) is 0 Å². The maximum Gasteiger partial charge on any atom is 0.257 e. The van der Waals surface area contributed by atoms with Crippen LogP contribution in [0.4, 0.5) is 8.78 Å². The largest absolute Gasteiger partial charge is 0.336 e. The van der Waals surface area contributed by atoms with Crippen molar-refractivity contribution in [1.29, 1.82) is 0 Å². The summed E-state index contributed by atoms with van der Waals surface area (Å²) in [6, 6.07) is 3.91. The van der Waals surface area contributed by atoms with Crippen LogP contribution in [-0.2, 0) is 0 Å². The van der Waals surface area contributed by atoms with Gasteiger partial charge in [-0.25, -0.2) is 8.78 Å². The van der Waals surface area contributed by atoms with E-state index in [1.807, 2.05) is 6.92 Å². The van der Waals surface area contributed by atoms with Gasteiger partial charge in [0.15, 0.2) is 11.6 Å². The molecule has 0 radical (unpaired) electrons. The molecule has 0 aromatic heterocycles. The van der Waals surface area contributed by atoms with E-state index in [0.29, 0.717) is 6.54 Å². The first-order valence-electron chi connectivity index (χ1n) is 6.40. The van der Waals surface area contributed by atoms with Crippen molar-refractivity contribution in [2.45, 2.75) is 38.6 Å². The van der Waals surface area contributed by atoms with Gasteiger partial charge in [-0.15, -0.1) is 0 Å². The van der Waals surface area contributed by atoms with Crippen molar-refractivity contribution in [3.8, 4) is 0 Å². The number of halogens is 2. The first kappa shape index (κ1) is 13.0. The van der Waals surface area contributed by atoms with Crippen LogP contribution in [0.5, 0.6) is 0 Å². The van der Waals surface area contributed by atoms with Crippen LogP contribution in [0, 0.1) is 11.6 Å². The lowest BCUT2D eigenvalue weighted by atomic mass is 10.1. The lowest BCUT2D eigenvalue weighted by Crippen LogP contribution is -2.39. The van der Waals surface area contributed by atoms with Crippen molar-refractivity contribution >= 4 is 5.91 Å². The van der Waals surface area contributed by atoms with E-state index in [-0.39, 0.29) is 11.6 Å².